The number of likely N-dealkylation sites (tertiary alicyclic amines) is 1. The molecule has 0 bridgehead atoms. The minimum atomic E-state index is -0.0311. The van der Waals surface area contributed by atoms with Gasteiger partial charge in [0.1, 0.15) is 11.3 Å². The summed E-state index contributed by atoms with van der Waals surface area (Å²) < 4.78 is 6.72. The quantitative estimate of drug-likeness (QED) is 0.779. The molecule has 0 aliphatic carbocycles. The number of hydrogen-bond donors (Lipinski definition) is 0. The third-order valence-electron chi connectivity index (χ3n) is 3.25. The Bertz CT molecular complexity index is 548. The van der Waals surface area contributed by atoms with Gasteiger partial charge < -0.3 is 9.42 Å². The molecule has 0 spiro atoms. The van der Waals surface area contributed by atoms with Crippen molar-refractivity contribution >= 4 is 5.91 Å². The first-order valence-electron chi connectivity index (χ1n) is 5.82. The number of nitrogens with zero attached hydrogens (tertiary/aromatic N) is 5. The van der Waals surface area contributed by atoms with Crippen molar-refractivity contribution in [3.05, 3.63) is 29.9 Å². The van der Waals surface area contributed by atoms with E-state index in [0.29, 0.717) is 24.4 Å². The van der Waals surface area contributed by atoms with E-state index in [1.54, 1.807) is 22.7 Å². The fraction of sp³-hybridized carbons (Fsp3) is 0.455. The Morgan fingerprint density at radius 3 is 3.11 bits per heavy atom. The van der Waals surface area contributed by atoms with Crippen LogP contribution in [-0.4, -0.2) is 44.0 Å². The van der Waals surface area contributed by atoms with E-state index in [9.17, 15) is 4.79 Å². The van der Waals surface area contributed by atoms with Crippen LogP contribution < -0.4 is 0 Å². The van der Waals surface area contributed by atoms with Gasteiger partial charge in [0.25, 0.3) is 5.91 Å². The van der Waals surface area contributed by atoms with Gasteiger partial charge in [-0.1, -0.05) is 10.4 Å². The third kappa shape index (κ3) is 1.77. The number of rotatable bonds is 2. The van der Waals surface area contributed by atoms with Gasteiger partial charge in [-0.05, 0) is 13.3 Å². The molecule has 94 valence electrons. The molecule has 1 saturated heterocycles. The molecular weight excluding hydrogens is 234 g/mol. The Morgan fingerprint density at radius 2 is 2.44 bits per heavy atom. The van der Waals surface area contributed by atoms with Crippen molar-refractivity contribution < 1.29 is 9.32 Å². The summed E-state index contributed by atoms with van der Waals surface area (Å²) in [5, 5.41) is 11.4. The first-order valence-corrected chi connectivity index (χ1v) is 5.82. The lowest BCUT2D eigenvalue weighted by molar-refractivity contribution is 0.0785. The summed E-state index contributed by atoms with van der Waals surface area (Å²) in [6.45, 7) is 3.10. The number of hydrogen-bond acceptors (Lipinski definition) is 5. The van der Waals surface area contributed by atoms with Crippen LogP contribution in [0, 0.1) is 6.92 Å². The Morgan fingerprint density at radius 1 is 1.56 bits per heavy atom. The molecule has 0 radical (unpaired) electrons. The van der Waals surface area contributed by atoms with E-state index in [2.05, 4.69) is 15.5 Å². The van der Waals surface area contributed by atoms with E-state index in [4.69, 9.17) is 4.52 Å². The van der Waals surface area contributed by atoms with Gasteiger partial charge in [-0.15, -0.1) is 5.10 Å². The molecule has 1 amide bonds. The van der Waals surface area contributed by atoms with Crippen LogP contribution in [0.15, 0.2) is 23.1 Å². The van der Waals surface area contributed by atoms with E-state index in [0.717, 1.165) is 6.42 Å². The Hall–Kier alpha value is -2.18. The molecule has 1 aliphatic heterocycles. The van der Waals surface area contributed by atoms with Crippen LogP contribution in [0.5, 0.6) is 0 Å². The van der Waals surface area contributed by atoms with Crippen molar-refractivity contribution in [2.75, 3.05) is 13.1 Å². The average Bonchev–Trinajstić information content (AvgIpc) is 3.09. The van der Waals surface area contributed by atoms with Crippen molar-refractivity contribution in [2.24, 2.45) is 0 Å². The molecule has 3 rings (SSSR count). The van der Waals surface area contributed by atoms with Crippen LogP contribution in [0.4, 0.5) is 0 Å². The molecule has 0 aromatic carbocycles. The van der Waals surface area contributed by atoms with Gasteiger partial charge in [0, 0.05) is 19.3 Å². The fourth-order valence-electron chi connectivity index (χ4n) is 2.23. The molecule has 1 atom stereocenters. The smallest absolute Gasteiger partial charge is 0.259 e. The largest absolute Gasteiger partial charge is 0.361 e. The van der Waals surface area contributed by atoms with Crippen molar-refractivity contribution in [3.8, 4) is 0 Å². The first kappa shape index (κ1) is 10.9. The van der Waals surface area contributed by atoms with Gasteiger partial charge in [-0.2, -0.15) is 0 Å². The van der Waals surface area contributed by atoms with Crippen LogP contribution in [0.3, 0.4) is 0 Å². The minimum absolute atomic E-state index is 0.0311. The Kier molecular flexibility index (Phi) is 2.58. The lowest BCUT2D eigenvalue weighted by Gasteiger charge is -2.15. The summed E-state index contributed by atoms with van der Waals surface area (Å²) in [4.78, 5) is 14.0. The predicted octanol–water partition coefficient (Wildman–Crippen LogP) is 0.662. The third-order valence-corrected chi connectivity index (χ3v) is 3.25. The van der Waals surface area contributed by atoms with Gasteiger partial charge in [-0.3, -0.25) is 4.79 Å². The number of carbonyl (C=O) groups is 1. The molecule has 0 N–H and O–H groups in total. The molecule has 0 unspecified atom stereocenters. The van der Waals surface area contributed by atoms with Crippen LogP contribution in [-0.2, 0) is 0 Å². The summed E-state index contributed by atoms with van der Waals surface area (Å²) in [6.07, 6.45) is 5.83. The monoisotopic (exact) mass is 247 g/mol. The average molecular weight is 247 g/mol. The summed E-state index contributed by atoms with van der Waals surface area (Å²) in [6, 6.07) is 0.205. The molecule has 3 heterocycles. The number of amides is 1. The van der Waals surface area contributed by atoms with Gasteiger partial charge in [0.15, 0.2) is 0 Å². The maximum absolute atomic E-state index is 12.2. The van der Waals surface area contributed by atoms with Gasteiger partial charge in [-0.25, -0.2) is 4.68 Å². The van der Waals surface area contributed by atoms with Gasteiger partial charge in [0.2, 0.25) is 0 Å². The first-order chi connectivity index (χ1) is 8.75. The van der Waals surface area contributed by atoms with E-state index in [-0.39, 0.29) is 11.9 Å². The standard InChI is InChI=1S/C11H13N5O2/c1-8-10(6-13-18-8)11(17)15-4-2-9(7-15)16-5-3-12-14-16/h3,5-6,9H,2,4,7H2,1H3/t9-/m1/s1. The molecular formula is C11H13N5O2. The second kappa shape index (κ2) is 4.25. The second-order valence-corrected chi connectivity index (χ2v) is 4.37. The molecule has 7 heteroatoms. The van der Waals surface area contributed by atoms with E-state index in [1.807, 2.05) is 6.20 Å². The second-order valence-electron chi connectivity index (χ2n) is 4.37. The topological polar surface area (TPSA) is 77.0 Å². The SMILES string of the molecule is Cc1oncc1C(=O)N1CC[C@@H](n2ccnn2)C1. The molecule has 2 aromatic heterocycles. The molecule has 18 heavy (non-hydrogen) atoms. The number of aromatic nitrogens is 4. The molecule has 1 aliphatic rings. The summed E-state index contributed by atoms with van der Waals surface area (Å²) in [5.41, 5.74) is 0.536. The normalized spacial score (nSPS) is 19.4. The Labute approximate surface area is 103 Å². The van der Waals surface area contributed by atoms with E-state index in [1.165, 1.54) is 6.20 Å². The molecule has 1 fully saturated rings. The van der Waals surface area contributed by atoms with Crippen molar-refractivity contribution in [2.45, 2.75) is 19.4 Å². The number of aryl methyl sites for hydroxylation is 1. The molecule has 0 saturated carbocycles. The summed E-state index contributed by atoms with van der Waals surface area (Å²) in [7, 11) is 0. The van der Waals surface area contributed by atoms with E-state index < -0.39 is 0 Å². The van der Waals surface area contributed by atoms with E-state index >= 15 is 0 Å². The summed E-state index contributed by atoms with van der Waals surface area (Å²) >= 11 is 0. The highest BCUT2D eigenvalue weighted by molar-refractivity contribution is 5.94. The fourth-order valence-corrected chi connectivity index (χ4v) is 2.23. The van der Waals surface area contributed by atoms with Gasteiger partial charge >= 0.3 is 0 Å². The zero-order valence-corrected chi connectivity index (χ0v) is 9.98. The van der Waals surface area contributed by atoms with Crippen LogP contribution >= 0.6 is 0 Å². The highest BCUT2D eigenvalue weighted by atomic mass is 16.5. The number of carbonyl (C=O) groups excluding carboxylic acids is 1. The maximum atomic E-state index is 12.2. The molecule has 2 aromatic rings. The minimum Gasteiger partial charge on any atom is -0.361 e. The van der Waals surface area contributed by atoms with Gasteiger partial charge in [0.05, 0.1) is 18.4 Å². The Balaban J connectivity index is 1.73. The van der Waals surface area contributed by atoms with Crippen LogP contribution in [0.25, 0.3) is 0 Å². The summed E-state index contributed by atoms with van der Waals surface area (Å²) in [5.74, 6) is 0.528. The molecule has 7 nitrogen and oxygen atoms in total. The van der Waals surface area contributed by atoms with Crippen molar-refractivity contribution in [1.29, 1.82) is 0 Å². The lowest BCUT2D eigenvalue weighted by atomic mass is 10.2. The van der Waals surface area contributed by atoms with Crippen molar-refractivity contribution in [3.63, 3.8) is 0 Å². The van der Waals surface area contributed by atoms with Crippen LogP contribution in [0.2, 0.25) is 0 Å². The van der Waals surface area contributed by atoms with Crippen molar-refractivity contribution in [1.82, 2.24) is 25.1 Å². The predicted molar refractivity (Wildman–Crippen MR) is 60.8 cm³/mol. The highest BCUT2D eigenvalue weighted by Crippen LogP contribution is 2.22. The maximum Gasteiger partial charge on any atom is 0.259 e. The zero-order chi connectivity index (χ0) is 12.5. The zero-order valence-electron chi connectivity index (χ0n) is 9.98. The highest BCUT2D eigenvalue weighted by Gasteiger charge is 2.30. The lowest BCUT2D eigenvalue weighted by Crippen LogP contribution is -2.29. The van der Waals surface area contributed by atoms with Crippen LogP contribution in [0.1, 0.15) is 28.6 Å².